The highest BCUT2D eigenvalue weighted by atomic mass is 16.5. The molecule has 0 bridgehead atoms. The summed E-state index contributed by atoms with van der Waals surface area (Å²) < 4.78 is 11.4. The molecule has 2 atom stereocenters. The minimum absolute atomic E-state index is 0.320. The molecule has 0 radical (unpaired) electrons. The largest absolute Gasteiger partial charge is 0.490 e. The van der Waals surface area contributed by atoms with Gasteiger partial charge in [0.05, 0.1) is 13.2 Å². The summed E-state index contributed by atoms with van der Waals surface area (Å²) in [6, 6.07) is 7.11. The fourth-order valence-corrected chi connectivity index (χ4v) is 2.75. The number of ether oxygens (including phenoxy) is 2. The lowest BCUT2D eigenvalue weighted by molar-refractivity contribution is 0.297. The molecule has 0 saturated carbocycles. The summed E-state index contributed by atoms with van der Waals surface area (Å²) in [6.45, 7) is 10.5. The Bertz CT molecular complexity index is 431. The van der Waals surface area contributed by atoms with Crippen LogP contribution in [0.2, 0.25) is 0 Å². The molecule has 0 amide bonds. The van der Waals surface area contributed by atoms with Crippen LogP contribution in [-0.2, 0) is 0 Å². The van der Waals surface area contributed by atoms with Crippen LogP contribution in [0.4, 0.5) is 0 Å². The van der Waals surface area contributed by atoms with Crippen molar-refractivity contribution < 1.29 is 9.47 Å². The molecule has 1 aliphatic rings. The van der Waals surface area contributed by atoms with Gasteiger partial charge in [0, 0.05) is 18.5 Å². The predicted octanol–water partition coefficient (Wildman–Crippen LogP) is 3.93. The maximum Gasteiger partial charge on any atom is 0.161 e. The van der Waals surface area contributed by atoms with Crippen LogP contribution >= 0.6 is 0 Å². The molecule has 1 heterocycles. The number of hydrogen-bond donors (Lipinski definition) is 1. The Morgan fingerprint density at radius 3 is 2.45 bits per heavy atom. The van der Waals surface area contributed by atoms with Gasteiger partial charge in [-0.15, -0.1) is 0 Å². The van der Waals surface area contributed by atoms with Gasteiger partial charge >= 0.3 is 0 Å². The highest BCUT2D eigenvalue weighted by molar-refractivity contribution is 5.44. The van der Waals surface area contributed by atoms with Crippen LogP contribution in [0, 0.1) is 5.92 Å². The van der Waals surface area contributed by atoms with Crippen molar-refractivity contribution in [2.24, 2.45) is 5.92 Å². The molecular formula is C17H27NO2. The van der Waals surface area contributed by atoms with Gasteiger partial charge in [-0.3, -0.25) is 0 Å². The Hall–Kier alpha value is -1.22. The number of rotatable bonds is 5. The van der Waals surface area contributed by atoms with E-state index in [9.17, 15) is 0 Å². The average molecular weight is 277 g/mol. The molecule has 0 fully saturated rings. The second-order valence-corrected chi connectivity index (χ2v) is 6.18. The first-order valence-electron chi connectivity index (χ1n) is 7.72. The zero-order valence-corrected chi connectivity index (χ0v) is 13.1. The molecule has 112 valence electrons. The van der Waals surface area contributed by atoms with Crippen LogP contribution in [0.15, 0.2) is 18.2 Å². The number of benzene rings is 1. The molecule has 2 unspecified atom stereocenters. The molecule has 1 aromatic carbocycles. The van der Waals surface area contributed by atoms with E-state index in [0.717, 1.165) is 31.1 Å². The van der Waals surface area contributed by atoms with E-state index in [1.807, 2.05) is 6.07 Å². The third kappa shape index (κ3) is 4.14. The molecule has 0 saturated heterocycles. The van der Waals surface area contributed by atoms with Gasteiger partial charge in [-0.1, -0.05) is 19.9 Å². The monoisotopic (exact) mass is 277 g/mol. The van der Waals surface area contributed by atoms with Crippen LogP contribution < -0.4 is 14.8 Å². The Morgan fingerprint density at radius 2 is 1.75 bits per heavy atom. The van der Waals surface area contributed by atoms with Crippen LogP contribution in [0.1, 0.15) is 52.1 Å². The molecule has 20 heavy (non-hydrogen) atoms. The Labute approximate surface area is 122 Å². The second-order valence-electron chi connectivity index (χ2n) is 6.18. The molecule has 1 aromatic rings. The van der Waals surface area contributed by atoms with Gasteiger partial charge < -0.3 is 14.8 Å². The molecule has 0 spiro atoms. The van der Waals surface area contributed by atoms with Crippen LogP contribution in [0.5, 0.6) is 11.5 Å². The lowest BCUT2D eigenvalue weighted by Gasteiger charge is -2.22. The molecule has 3 nitrogen and oxygen atoms in total. The van der Waals surface area contributed by atoms with Gasteiger partial charge in [0.25, 0.3) is 0 Å². The normalized spacial score (nSPS) is 17.6. The van der Waals surface area contributed by atoms with E-state index in [0.29, 0.717) is 18.0 Å². The van der Waals surface area contributed by atoms with E-state index in [1.165, 1.54) is 12.0 Å². The minimum atomic E-state index is 0.320. The molecule has 0 aliphatic carbocycles. The van der Waals surface area contributed by atoms with Crippen molar-refractivity contribution in [2.45, 2.75) is 52.6 Å². The van der Waals surface area contributed by atoms with Crippen molar-refractivity contribution in [3.8, 4) is 11.5 Å². The summed E-state index contributed by atoms with van der Waals surface area (Å²) in [7, 11) is 0. The lowest BCUT2D eigenvalue weighted by atomic mass is 10.0. The quantitative estimate of drug-likeness (QED) is 0.884. The van der Waals surface area contributed by atoms with Gasteiger partial charge in [0.1, 0.15) is 0 Å². The third-order valence-electron chi connectivity index (χ3n) is 3.63. The van der Waals surface area contributed by atoms with Crippen molar-refractivity contribution in [1.29, 1.82) is 0 Å². The highest BCUT2D eigenvalue weighted by Gasteiger charge is 2.15. The highest BCUT2D eigenvalue weighted by Crippen LogP contribution is 2.32. The zero-order valence-electron chi connectivity index (χ0n) is 13.1. The molecule has 3 heteroatoms. The first kappa shape index (κ1) is 15.2. The standard InChI is InChI=1S/C17H27NO2/c1-12(2)10-13(3)18-14(4)15-6-7-16-17(11-15)20-9-5-8-19-16/h6-7,11-14,18H,5,8-10H2,1-4H3. The average Bonchev–Trinajstić information content (AvgIpc) is 2.61. The van der Waals surface area contributed by atoms with Crippen molar-refractivity contribution in [1.82, 2.24) is 5.32 Å². The number of nitrogens with one attached hydrogen (secondary N) is 1. The number of fused-ring (bicyclic) bond motifs is 1. The fraction of sp³-hybridized carbons (Fsp3) is 0.647. The van der Waals surface area contributed by atoms with E-state index in [1.54, 1.807) is 0 Å². The van der Waals surface area contributed by atoms with E-state index in [-0.39, 0.29) is 0 Å². The fourth-order valence-electron chi connectivity index (χ4n) is 2.75. The minimum Gasteiger partial charge on any atom is -0.490 e. The summed E-state index contributed by atoms with van der Waals surface area (Å²) in [5.41, 5.74) is 1.25. The first-order chi connectivity index (χ1) is 9.56. The lowest BCUT2D eigenvalue weighted by Crippen LogP contribution is -2.30. The zero-order chi connectivity index (χ0) is 14.5. The molecule has 2 rings (SSSR count). The van der Waals surface area contributed by atoms with Crippen molar-refractivity contribution >= 4 is 0 Å². The topological polar surface area (TPSA) is 30.5 Å². The summed E-state index contributed by atoms with van der Waals surface area (Å²) in [4.78, 5) is 0. The van der Waals surface area contributed by atoms with Gasteiger partial charge in [0.2, 0.25) is 0 Å². The smallest absolute Gasteiger partial charge is 0.161 e. The molecule has 1 N–H and O–H groups in total. The third-order valence-corrected chi connectivity index (χ3v) is 3.63. The van der Waals surface area contributed by atoms with Gasteiger partial charge in [-0.2, -0.15) is 0 Å². The second kappa shape index (κ2) is 6.98. The maximum absolute atomic E-state index is 5.76. The SMILES string of the molecule is CC(C)CC(C)NC(C)c1ccc2c(c1)OCCCO2. The molecule has 1 aliphatic heterocycles. The Morgan fingerprint density at radius 1 is 1.05 bits per heavy atom. The van der Waals surface area contributed by atoms with Gasteiger partial charge in [-0.05, 0) is 43.9 Å². The maximum atomic E-state index is 5.76. The number of hydrogen-bond acceptors (Lipinski definition) is 3. The van der Waals surface area contributed by atoms with E-state index in [2.05, 4.69) is 45.1 Å². The Kier molecular flexibility index (Phi) is 5.30. The van der Waals surface area contributed by atoms with E-state index >= 15 is 0 Å². The van der Waals surface area contributed by atoms with Crippen molar-refractivity contribution in [3.63, 3.8) is 0 Å². The summed E-state index contributed by atoms with van der Waals surface area (Å²) in [5, 5.41) is 3.65. The van der Waals surface area contributed by atoms with Crippen LogP contribution in [0.25, 0.3) is 0 Å². The predicted molar refractivity (Wildman–Crippen MR) is 82.5 cm³/mol. The van der Waals surface area contributed by atoms with Gasteiger partial charge in [0.15, 0.2) is 11.5 Å². The molecule has 0 aromatic heterocycles. The van der Waals surface area contributed by atoms with Crippen molar-refractivity contribution in [3.05, 3.63) is 23.8 Å². The van der Waals surface area contributed by atoms with Crippen LogP contribution in [0.3, 0.4) is 0 Å². The Balaban J connectivity index is 2.03. The summed E-state index contributed by atoms with van der Waals surface area (Å²) in [5.74, 6) is 2.47. The van der Waals surface area contributed by atoms with Crippen LogP contribution in [-0.4, -0.2) is 19.3 Å². The summed E-state index contributed by atoms with van der Waals surface area (Å²) in [6.07, 6.45) is 2.14. The van der Waals surface area contributed by atoms with Gasteiger partial charge in [-0.25, -0.2) is 0 Å². The van der Waals surface area contributed by atoms with Crippen molar-refractivity contribution in [2.75, 3.05) is 13.2 Å². The molecular weight excluding hydrogens is 250 g/mol. The van der Waals surface area contributed by atoms with E-state index < -0.39 is 0 Å². The summed E-state index contributed by atoms with van der Waals surface area (Å²) >= 11 is 0. The first-order valence-corrected chi connectivity index (χ1v) is 7.72. The van der Waals surface area contributed by atoms with E-state index in [4.69, 9.17) is 9.47 Å².